The van der Waals surface area contributed by atoms with Gasteiger partial charge in [-0.05, 0) is 28.1 Å². The van der Waals surface area contributed by atoms with Gasteiger partial charge in [-0.2, -0.15) is 0 Å². The summed E-state index contributed by atoms with van der Waals surface area (Å²) in [4.78, 5) is 0. The highest BCUT2D eigenvalue weighted by Crippen LogP contribution is 2.31. The van der Waals surface area contributed by atoms with Crippen LogP contribution in [0.15, 0.2) is 33.5 Å². The molecule has 2 rings (SSSR count). The van der Waals surface area contributed by atoms with E-state index < -0.39 is 0 Å². The lowest BCUT2D eigenvalue weighted by molar-refractivity contribution is 0.422. The summed E-state index contributed by atoms with van der Waals surface area (Å²) in [5.74, 6) is 0. The fourth-order valence-electron chi connectivity index (χ4n) is 1.06. The molecule has 0 bridgehead atoms. The van der Waals surface area contributed by atoms with Crippen molar-refractivity contribution >= 4 is 39.1 Å². The van der Waals surface area contributed by atoms with Gasteiger partial charge in [0.2, 0.25) is 0 Å². The molecule has 2 nitrogen and oxygen atoms in total. The van der Waals surface area contributed by atoms with E-state index in [0.717, 1.165) is 10.0 Å². The molecule has 0 saturated carbocycles. The number of aromatic nitrogens is 1. The Morgan fingerprint density at radius 3 is 2.57 bits per heavy atom. The summed E-state index contributed by atoms with van der Waals surface area (Å²) < 4.78 is 5.58. The zero-order valence-electron chi connectivity index (χ0n) is 6.80. The van der Waals surface area contributed by atoms with Crippen LogP contribution in [0.3, 0.4) is 0 Å². The second-order valence-corrected chi connectivity index (χ2v) is 4.31. The Hall–Kier alpha value is -0.510. The van der Waals surface area contributed by atoms with E-state index in [4.69, 9.17) is 27.7 Å². The average Bonchev–Trinajstić information content (AvgIpc) is 2.57. The Morgan fingerprint density at radius 1 is 1.21 bits per heavy atom. The molecular weight excluding hydrogens is 289 g/mol. The van der Waals surface area contributed by atoms with Crippen LogP contribution in [0.5, 0.6) is 0 Å². The van der Waals surface area contributed by atoms with Gasteiger partial charge in [0.1, 0.15) is 12.0 Å². The molecule has 0 spiro atoms. The van der Waals surface area contributed by atoms with Crippen LogP contribution < -0.4 is 0 Å². The molecule has 0 amide bonds. The van der Waals surface area contributed by atoms with E-state index in [0.29, 0.717) is 15.7 Å². The number of hydrogen-bond acceptors (Lipinski definition) is 2. The highest BCUT2D eigenvalue weighted by Gasteiger charge is 2.09. The van der Waals surface area contributed by atoms with Crippen molar-refractivity contribution in [2.45, 2.75) is 0 Å². The first-order valence-corrected chi connectivity index (χ1v) is 5.28. The van der Waals surface area contributed by atoms with Crippen LogP contribution in [0.4, 0.5) is 0 Å². The van der Waals surface area contributed by atoms with Gasteiger partial charge in [-0.25, -0.2) is 0 Å². The molecule has 1 heterocycles. The van der Waals surface area contributed by atoms with Gasteiger partial charge in [0.25, 0.3) is 0 Å². The van der Waals surface area contributed by atoms with Gasteiger partial charge in [-0.3, -0.25) is 0 Å². The largest absolute Gasteiger partial charge is 0.363 e. The summed E-state index contributed by atoms with van der Waals surface area (Å²) in [7, 11) is 0. The predicted molar refractivity (Wildman–Crippen MR) is 59.7 cm³/mol. The van der Waals surface area contributed by atoms with Gasteiger partial charge in [-0.15, -0.1) is 0 Å². The Bertz CT molecular complexity index is 470. The zero-order chi connectivity index (χ0) is 10.1. The third-order valence-corrected chi connectivity index (χ3v) is 3.02. The van der Waals surface area contributed by atoms with Gasteiger partial charge in [0.05, 0.1) is 14.5 Å². The van der Waals surface area contributed by atoms with Gasteiger partial charge in [0.15, 0.2) is 0 Å². The van der Waals surface area contributed by atoms with E-state index in [1.165, 1.54) is 6.26 Å². The second-order valence-electron chi connectivity index (χ2n) is 2.64. The Morgan fingerprint density at radius 2 is 2.00 bits per heavy atom. The third kappa shape index (κ3) is 1.80. The standard InChI is InChI=1S/C9H4BrCl2NO/c10-6-4-14-13-9(6)5-1-2-7(11)8(12)3-5/h1-4H. The number of rotatable bonds is 1. The summed E-state index contributed by atoms with van der Waals surface area (Å²) >= 11 is 15.0. The van der Waals surface area contributed by atoms with Crippen LogP contribution in [0, 0.1) is 0 Å². The van der Waals surface area contributed by atoms with Crippen molar-refractivity contribution < 1.29 is 4.52 Å². The van der Waals surface area contributed by atoms with E-state index >= 15 is 0 Å². The fraction of sp³-hybridized carbons (Fsp3) is 0. The molecule has 72 valence electrons. The molecule has 1 aromatic carbocycles. The van der Waals surface area contributed by atoms with Crippen molar-refractivity contribution in [2.24, 2.45) is 0 Å². The monoisotopic (exact) mass is 291 g/mol. The number of halogens is 3. The first-order valence-electron chi connectivity index (χ1n) is 3.74. The molecule has 0 radical (unpaired) electrons. The first-order chi connectivity index (χ1) is 6.68. The van der Waals surface area contributed by atoms with Crippen molar-refractivity contribution in [1.82, 2.24) is 5.16 Å². The normalized spacial score (nSPS) is 10.5. The fourth-order valence-corrected chi connectivity index (χ4v) is 1.74. The molecule has 0 aliphatic heterocycles. The van der Waals surface area contributed by atoms with Crippen LogP contribution in [0.25, 0.3) is 11.3 Å². The molecule has 0 unspecified atom stereocenters. The van der Waals surface area contributed by atoms with Gasteiger partial charge in [0, 0.05) is 5.56 Å². The molecule has 0 fully saturated rings. The molecule has 0 N–H and O–H groups in total. The molecule has 0 aliphatic carbocycles. The van der Waals surface area contributed by atoms with Gasteiger partial charge < -0.3 is 4.52 Å². The maximum absolute atomic E-state index is 5.88. The minimum Gasteiger partial charge on any atom is -0.363 e. The zero-order valence-corrected chi connectivity index (χ0v) is 9.90. The van der Waals surface area contributed by atoms with E-state index in [-0.39, 0.29) is 0 Å². The second kappa shape index (κ2) is 3.93. The highest BCUT2D eigenvalue weighted by molar-refractivity contribution is 9.10. The Labute approximate surface area is 98.9 Å². The van der Waals surface area contributed by atoms with E-state index in [2.05, 4.69) is 21.1 Å². The van der Waals surface area contributed by atoms with Crippen LogP contribution in [0.2, 0.25) is 10.0 Å². The first kappa shape index (κ1) is 10.0. The van der Waals surface area contributed by atoms with E-state index in [9.17, 15) is 0 Å². The lowest BCUT2D eigenvalue weighted by atomic mass is 10.2. The molecule has 5 heteroatoms. The topological polar surface area (TPSA) is 26.0 Å². The predicted octanol–water partition coefficient (Wildman–Crippen LogP) is 4.41. The van der Waals surface area contributed by atoms with Crippen LogP contribution in [0.1, 0.15) is 0 Å². The SMILES string of the molecule is Clc1ccc(-c2nocc2Br)cc1Cl. The number of hydrogen-bond donors (Lipinski definition) is 0. The van der Waals surface area contributed by atoms with Crippen LogP contribution in [-0.4, -0.2) is 5.16 Å². The smallest absolute Gasteiger partial charge is 0.138 e. The van der Waals surface area contributed by atoms with Gasteiger partial charge >= 0.3 is 0 Å². The molecule has 0 saturated heterocycles. The number of benzene rings is 1. The molecule has 0 atom stereocenters. The third-order valence-electron chi connectivity index (χ3n) is 1.72. The Balaban J connectivity index is 2.53. The van der Waals surface area contributed by atoms with E-state index in [1.54, 1.807) is 12.1 Å². The minimum atomic E-state index is 0.499. The minimum absolute atomic E-state index is 0.499. The van der Waals surface area contributed by atoms with Crippen LogP contribution >= 0.6 is 39.1 Å². The number of nitrogens with zero attached hydrogens (tertiary/aromatic N) is 1. The molecular formula is C9H4BrCl2NO. The van der Waals surface area contributed by atoms with Gasteiger partial charge in [-0.1, -0.05) is 34.4 Å². The molecule has 1 aromatic heterocycles. The Kier molecular flexibility index (Phi) is 2.81. The lowest BCUT2D eigenvalue weighted by Gasteiger charge is -1.99. The summed E-state index contributed by atoms with van der Waals surface area (Å²) in [5.41, 5.74) is 1.57. The quantitative estimate of drug-likeness (QED) is 0.778. The lowest BCUT2D eigenvalue weighted by Crippen LogP contribution is -1.78. The van der Waals surface area contributed by atoms with Crippen molar-refractivity contribution in [2.75, 3.05) is 0 Å². The summed E-state index contributed by atoms with van der Waals surface area (Å²) in [5, 5.41) is 4.86. The summed E-state index contributed by atoms with van der Waals surface area (Å²) in [6.45, 7) is 0. The van der Waals surface area contributed by atoms with Crippen molar-refractivity contribution in [3.8, 4) is 11.3 Å². The maximum Gasteiger partial charge on any atom is 0.138 e. The summed E-state index contributed by atoms with van der Waals surface area (Å²) in [6.07, 6.45) is 1.51. The summed E-state index contributed by atoms with van der Waals surface area (Å²) in [6, 6.07) is 5.30. The maximum atomic E-state index is 5.88. The molecule has 0 aliphatic rings. The van der Waals surface area contributed by atoms with Crippen molar-refractivity contribution in [1.29, 1.82) is 0 Å². The van der Waals surface area contributed by atoms with Crippen molar-refractivity contribution in [3.63, 3.8) is 0 Å². The highest BCUT2D eigenvalue weighted by atomic mass is 79.9. The van der Waals surface area contributed by atoms with E-state index in [1.807, 2.05) is 6.07 Å². The molecule has 14 heavy (non-hydrogen) atoms. The average molecular weight is 293 g/mol. The molecule has 2 aromatic rings. The van der Waals surface area contributed by atoms with Crippen LogP contribution in [-0.2, 0) is 0 Å². The van der Waals surface area contributed by atoms with Crippen molar-refractivity contribution in [3.05, 3.63) is 39.0 Å².